The summed E-state index contributed by atoms with van der Waals surface area (Å²) in [5.74, 6) is 0. The summed E-state index contributed by atoms with van der Waals surface area (Å²) in [6, 6.07) is 7.41. The monoisotopic (exact) mass is 331 g/mol. The Balaban J connectivity index is 2.30. The third kappa shape index (κ3) is 3.61. The number of hydrogen-bond acceptors (Lipinski definition) is 4. The van der Waals surface area contributed by atoms with Crippen LogP contribution in [0.2, 0.25) is 10.0 Å². The Hall–Kier alpha value is -1.34. The van der Waals surface area contributed by atoms with Crippen molar-refractivity contribution < 1.29 is 8.42 Å². The van der Waals surface area contributed by atoms with Crippen molar-refractivity contribution in [3.8, 4) is 0 Å². The quantitative estimate of drug-likeness (QED) is 0.901. The van der Waals surface area contributed by atoms with E-state index in [1.54, 1.807) is 6.07 Å². The van der Waals surface area contributed by atoms with Gasteiger partial charge in [-0.1, -0.05) is 29.3 Å². The molecule has 0 atom stereocenters. The van der Waals surface area contributed by atoms with Gasteiger partial charge in [0.25, 0.3) is 10.0 Å². The molecule has 3 N–H and O–H groups in total. The predicted octanol–water partition coefficient (Wildman–Crippen LogP) is 2.65. The Morgan fingerprint density at radius 3 is 2.30 bits per heavy atom. The van der Waals surface area contributed by atoms with Crippen LogP contribution in [0.5, 0.6) is 0 Å². The summed E-state index contributed by atoms with van der Waals surface area (Å²) in [4.78, 5) is 3.87. The highest BCUT2D eigenvalue weighted by molar-refractivity contribution is 7.92. The molecule has 0 radical (unpaired) electrons. The van der Waals surface area contributed by atoms with E-state index in [0.29, 0.717) is 16.6 Å². The molecule has 106 valence electrons. The second kappa shape index (κ2) is 5.97. The van der Waals surface area contributed by atoms with Crippen LogP contribution in [0.3, 0.4) is 0 Å². The van der Waals surface area contributed by atoms with Gasteiger partial charge in [-0.2, -0.15) is 8.42 Å². The first-order valence-electron chi connectivity index (χ1n) is 5.54. The molecule has 0 aliphatic rings. The normalized spacial score (nSPS) is 11.3. The molecular formula is C12H11Cl2N3O2S. The Bertz CT molecular complexity index is 698. The molecule has 5 nitrogen and oxygen atoms in total. The maximum Gasteiger partial charge on any atom is 0.279 e. The van der Waals surface area contributed by atoms with Gasteiger partial charge < -0.3 is 5.73 Å². The summed E-state index contributed by atoms with van der Waals surface area (Å²) in [5, 5.41) is 0.564. The van der Waals surface area contributed by atoms with E-state index >= 15 is 0 Å². The van der Waals surface area contributed by atoms with Crippen LogP contribution in [0, 0.1) is 0 Å². The SMILES string of the molecule is NCc1ccc(S(=O)(=O)Nc2cc(Cl)cc(Cl)c2)nc1. The number of sulfonamides is 1. The fraction of sp³-hybridized carbons (Fsp3) is 0.0833. The molecule has 8 heteroatoms. The van der Waals surface area contributed by atoms with E-state index in [9.17, 15) is 8.42 Å². The minimum atomic E-state index is -3.79. The Kier molecular flexibility index (Phi) is 4.49. The van der Waals surface area contributed by atoms with Crippen molar-refractivity contribution in [2.75, 3.05) is 4.72 Å². The molecule has 0 saturated heterocycles. The predicted molar refractivity (Wildman–Crippen MR) is 79.4 cm³/mol. The molecule has 2 rings (SSSR count). The number of halogens is 2. The Morgan fingerprint density at radius 1 is 1.15 bits per heavy atom. The van der Waals surface area contributed by atoms with Gasteiger partial charge >= 0.3 is 0 Å². The second-order valence-electron chi connectivity index (χ2n) is 3.97. The van der Waals surface area contributed by atoms with E-state index in [-0.39, 0.29) is 10.7 Å². The van der Waals surface area contributed by atoms with Crippen LogP contribution in [-0.4, -0.2) is 13.4 Å². The maximum absolute atomic E-state index is 12.1. The highest BCUT2D eigenvalue weighted by Crippen LogP contribution is 2.24. The molecule has 0 bridgehead atoms. The molecule has 0 saturated carbocycles. The van der Waals surface area contributed by atoms with Crippen LogP contribution in [0.1, 0.15) is 5.56 Å². The summed E-state index contributed by atoms with van der Waals surface area (Å²) in [6.45, 7) is 0.296. The first kappa shape index (κ1) is 15.1. The average Bonchev–Trinajstić information content (AvgIpc) is 2.37. The lowest BCUT2D eigenvalue weighted by Crippen LogP contribution is -2.14. The van der Waals surface area contributed by atoms with Crippen molar-refractivity contribution in [3.05, 3.63) is 52.1 Å². The lowest BCUT2D eigenvalue weighted by molar-refractivity contribution is 0.597. The van der Waals surface area contributed by atoms with Gasteiger partial charge in [-0.25, -0.2) is 4.98 Å². The summed E-state index contributed by atoms with van der Waals surface area (Å²) < 4.78 is 26.6. The van der Waals surface area contributed by atoms with Crippen molar-refractivity contribution in [2.24, 2.45) is 5.73 Å². The first-order chi connectivity index (χ1) is 9.40. The standard InChI is InChI=1S/C12H11Cl2N3O2S/c13-9-3-10(14)5-11(4-9)17-20(18,19)12-2-1-8(6-15)7-16-12/h1-5,7,17H,6,15H2. The van der Waals surface area contributed by atoms with Crippen molar-refractivity contribution in [1.82, 2.24) is 4.98 Å². The third-order valence-electron chi connectivity index (χ3n) is 2.42. The number of hydrogen-bond donors (Lipinski definition) is 2. The van der Waals surface area contributed by atoms with Crippen LogP contribution in [-0.2, 0) is 16.6 Å². The molecule has 0 amide bonds. The zero-order valence-corrected chi connectivity index (χ0v) is 12.5. The van der Waals surface area contributed by atoms with E-state index in [0.717, 1.165) is 5.56 Å². The summed E-state index contributed by atoms with van der Waals surface area (Å²) in [7, 11) is -3.79. The van der Waals surface area contributed by atoms with Crippen molar-refractivity contribution >= 4 is 38.9 Å². The Morgan fingerprint density at radius 2 is 1.80 bits per heavy atom. The first-order valence-corrected chi connectivity index (χ1v) is 7.78. The zero-order valence-electron chi connectivity index (χ0n) is 10.2. The summed E-state index contributed by atoms with van der Waals surface area (Å²) in [6.07, 6.45) is 1.42. The molecule has 1 heterocycles. The molecule has 1 aromatic heterocycles. The molecule has 0 unspecified atom stereocenters. The number of anilines is 1. The number of benzene rings is 1. The number of nitrogens with two attached hydrogens (primary N) is 1. The van der Waals surface area contributed by atoms with Crippen LogP contribution >= 0.6 is 23.2 Å². The van der Waals surface area contributed by atoms with Gasteiger partial charge in [0.05, 0.1) is 5.69 Å². The number of nitrogens with one attached hydrogen (secondary N) is 1. The minimum Gasteiger partial charge on any atom is -0.326 e. The minimum absolute atomic E-state index is 0.106. The van der Waals surface area contributed by atoms with Crippen LogP contribution in [0.4, 0.5) is 5.69 Å². The van der Waals surface area contributed by atoms with Crippen LogP contribution < -0.4 is 10.5 Å². The van der Waals surface area contributed by atoms with Gasteiger partial charge in [0.15, 0.2) is 5.03 Å². The molecule has 2 aromatic rings. The van der Waals surface area contributed by atoms with Crippen molar-refractivity contribution in [3.63, 3.8) is 0 Å². The zero-order chi connectivity index (χ0) is 14.8. The van der Waals surface area contributed by atoms with Gasteiger partial charge in [-0.3, -0.25) is 4.72 Å². The number of nitrogens with zero attached hydrogens (tertiary/aromatic N) is 1. The topological polar surface area (TPSA) is 85.1 Å². The fourth-order valence-corrected chi connectivity index (χ4v) is 3.01. The second-order valence-corrected chi connectivity index (χ2v) is 6.47. The molecule has 0 aliphatic heterocycles. The average molecular weight is 332 g/mol. The van der Waals surface area contributed by atoms with Gasteiger partial charge in [-0.15, -0.1) is 0 Å². The van der Waals surface area contributed by atoms with E-state index in [4.69, 9.17) is 28.9 Å². The van der Waals surface area contributed by atoms with E-state index in [1.165, 1.54) is 30.5 Å². The Labute approximate surface area is 126 Å². The van der Waals surface area contributed by atoms with Gasteiger partial charge in [0, 0.05) is 22.8 Å². The summed E-state index contributed by atoms with van der Waals surface area (Å²) >= 11 is 11.6. The lowest BCUT2D eigenvalue weighted by atomic mass is 10.3. The van der Waals surface area contributed by atoms with E-state index in [2.05, 4.69) is 9.71 Å². The van der Waals surface area contributed by atoms with Crippen molar-refractivity contribution in [2.45, 2.75) is 11.6 Å². The van der Waals surface area contributed by atoms with Crippen LogP contribution in [0.15, 0.2) is 41.6 Å². The van der Waals surface area contributed by atoms with Crippen molar-refractivity contribution in [1.29, 1.82) is 0 Å². The largest absolute Gasteiger partial charge is 0.326 e. The van der Waals surface area contributed by atoms with E-state index < -0.39 is 10.0 Å². The third-order valence-corrected chi connectivity index (χ3v) is 4.16. The number of aromatic nitrogens is 1. The lowest BCUT2D eigenvalue weighted by Gasteiger charge is -2.08. The fourth-order valence-electron chi connectivity index (χ4n) is 1.51. The van der Waals surface area contributed by atoms with Gasteiger partial charge in [-0.05, 0) is 29.8 Å². The van der Waals surface area contributed by atoms with Gasteiger partial charge in [0.1, 0.15) is 0 Å². The molecule has 0 aliphatic carbocycles. The number of rotatable bonds is 4. The summed E-state index contributed by atoms with van der Waals surface area (Å²) in [5.41, 5.74) is 6.45. The molecule has 1 aromatic carbocycles. The number of pyridine rings is 1. The molecule has 20 heavy (non-hydrogen) atoms. The van der Waals surface area contributed by atoms with E-state index in [1.807, 2.05) is 0 Å². The molecule has 0 fully saturated rings. The maximum atomic E-state index is 12.1. The molecule has 0 spiro atoms. The highest BCUT2D eigenvalue weighted by Gasteiger charge is 2.16. The highest BCUT2D eigenvalue weighted by atomic mass is 35.5. The van der Waals surface area contributed by atoms with Gasteiger partial charge in [0.2, 0.25) is 0 Å². The smallest absolute Gasteiger partial charge is 0.279 e. The van der Waals surface area contributed by atoms with Crippen LogP contribution in [0.25, 0.3) is 0 Å². The molecular weight excluding hydrogens is 321 g/mol.